The Kier molecular flexibility index (Phi) is 4.38. The molecule has 128 valence electrons. The summed E-state index contributed by atoms with van der Waals surface area (Å²) in [6.45, 7) is 2.44. The van der Waals surface area contributed by atoms with Gasteiger partial charge in [-0.1, -0.05) is 18.2 Å². The molecule has 0 radical (unpaired) electrons. The highest BCUT2D eigenvalue weighted by Crippen LogP contribution is 2.36. The van der Waals surface area contributed by atoms with Gasteiger partial charge >= 0.3 is 6.03 Å². The van der Waals surface area contributed by atoms with E-state index in [9.17, 15) is 9.59 Å². The number of aliphatic imine (C=N–C) groups is 1. The molecule has 2 saturated heterocycles. The first-order valence-corrected chi connectivity index (χ1v) is 8.20. The topological polar surface area (TPSA) is 85.0 Å². The molecule has 2 heterocycles. The van der Waals surface area contributed by atoms with Crippen LogP contribution in [0.1, 0.15) is 26.2 Å². The van der Waals surface area contributed by atoms with Crippen molar-refractivity contribution < 1.29 is 14.4 Å². The molecule has 7 heteroatoms. The Morgan fingerprint density at radius 3 is 2.62 bits per heavy atom. The van der Waals surface area contributed by atoms with Crippen LogP contribution in [0, 0.1) is 0 Å². The summed E-state index contributed by atoms with van der Waals surface area (Å²) in [6.07, 6.45) is 1.89. The van der Waals surface area contributed by atoms with E-state index in [-0.39, 0.29) is 16.6 Å². The van der Waals surface area contributed by atoms with Crippen molar-refractivity contribution in [2.75, 3.05) is 13.6 Å². The summed E-state index contributed by atoms with van der Waals surface area (Å²) in [6, 6.07) is 8.37. The number of nitrogens with two attached hydrogens (primary N) is 1. The third-order valence-corrected chi connectivity index (χ3v) is 4.80. The number of quaternary nitrogens is 1. The smallest absolute Gasteiger partial charge is 0.364 e. The number of carbonyl (C=O) groups is 2. The van der Waals surface area contributed by atoms with Crippen molar-refractivity contribution in [3.63, 3.8) is 0 Å². The minimum absolute atomic E-state index is 0.0164. The summed E-state index contributed by atoms with van der Waals surface area (Å²) >= 11 is 0. The second-order valence-corrected chi connectivity index (χ2v) is 6.42. The molecule has 3 amide bonds. The number of rotatable bonds is 2. The van der Waals surface area contributed by atoms with Gasteiger partial charge in [0.15, 0.2) is 6.04 Å². The zero-order valence-corrected chi connectivity index (χ0v) is 14.0. The highest BCUT2D eigenvalue weighted by Gasteiger charge is 2.53. The number of primary amides is 1. The molecule has 24 heavy (non-hydrogen) atoms. The molecular formula is C17H23N4O3+. The predicted octanol–water partition coefficient (Wildman–Crippen LogP) is 1.82. The average Bonchev–Trinajstić information content (AvgIpc) is 3.13. The zero-order chi connectivity index (χ0) is 17.3. The maximum atomic E-state index is 13.2. The lowest BCUT2D eigenvalue weighted by atomic mass is 10.1. The van der Waals surface area contributed by atoms with Gasteiger partial charge in [-0.3, -0.25) is 9.63 Å². The van der Waals surface area contributed by atoms with Crippen molar-refractivity contribution in [3.8, 4) is 0 Å². The van der Waals surface area contributed by atoms with Crippen molar-refractivity contribution in [3.05, 3.63) is 30.3 Å². The van der Waals surface area contributed by atoms with E-state index in [1.54, 1.807) is 7.05 Å². The van der Waals surface area contributed by atoms with Crippen molar-refractivity contribution in [2.24, 2.45) is 10.7 Å². The first-order chi connectivity index (χ1) is 11.4. The molecule has 1 aromatic carbocycles. The quantitative estimate of drug-likeness (QED) is 0.838. The Hall–Kier alpha value is -2.25. The van der Waals surface area contributed by atoms with Crippen LogP contribution >= 0.6 is 0 Å². The third-order valence-electron chi connectivity index (χ3n) is 4.80. The molecule has 0 saturated carbocycles. The van der Waals surface area contributed by atoms with Gasteiger partial charge in [0.1, 0.15) is 11.5 Å². The molecule has 0 bridgehead atoms. The number of hydrogen-bond donors (Lipinski definition) is 1. The number of amides is 3. The molecule has 2 aliphatic rings. The van der Waals surface area contributed by atoms with E-state index in [1.165, 1.54) is 5.06 Å². The Labute approximate surface area is 141 Å². The van der Waals surface area contributed by atoms with Crippen LogP contribution < -0.4 is 10.2 Å². The Morgan fingerprint density at radius 1 is 1.33 bits per heavy atom. The minimum Gasteiger partial charge on any atom is -0.364 e. The predicted molar refractivity (Wildman–Crippen MR) is 91.1 cm³/mol. The third kappa shape index (κ3) is 2.70. The SMILES string of the molecule is CC1CC(=NC(=O)[N+]2(c3ccccc3)CCCC2C(N)=O)N(C)O1. The lowest BCUT2D eigenvalue weighted by Gasteiger charge is -2.33. The Morgan fingerprint density at radius 2 is 2.04 bits per heavy atom. The van der Waals surface area contributed by atoms with E-state index in [4.69, 9.17) is 10.6 Å². The number of benzene rings is 1. The number of urea groups is 1. The molecule has 3 atom stereocenters. The molecule has 0 aromatic heterocycles. The maximum Gasteiger partial charge on any atom is 0.450 e. The molecule has 2 aliphatic heterocycles. The number of nitrogens with zero attached hydrogens (tertiary/aromatic N) is 3. The number of hydrogen-bond acceptors (Lipinski definition) is 3. The van der Waals surface area contributed by atoms with Gasteiger partial charge in [-0.15, -0.1) is 4.99 Å². The first kappa shape index (κ1) is 16.6. The molecule has 7 nitrogen and oxygen atoms in total. The van der Waals surface area contributed by atoms with Crippen molar-refractivity contribution in [2.45, 2.75) is 38.3 Å². The Balaban J connectivity index is 2.04. The highest BCUT2D eigenvalue weighted by molar-refractivity contribution is 6.02. The summed E-state index contributed by atoms with van der Waals surface area (Å²) < 4.78 is -0.137. The molecule has 0 aliphatic carbocycles. The second-order valence-electron chi connectivity index (χ2n) is 6.42. The van der Waals surface area contributed by atoms with E-state index < -0.39 is 11.9 Å². The number of amidine groups is 1. The number of carbonyl (C=O) groups excluding carboxylic acids is 2. The van der Waals surface area contributed by atoms with Gasteiger partial charge in [0.05, 0.1) is 12.6 Å². The highest BCUT2D eigenvalue weighted by atomic mass is 16.7. The first-order valence-electron chi connectivity index (χ1n) is 8.20. The molecule has 2 N–H and O–H groups in total. The molecule has 3 rings (SSSR count). The van der Waals surface area contributed by atoms with Gasteiger partial charge in [-0.05, 0) is 19.1 Å². The number of para-hydroxylation sites is 1. The number of hydroxylamine groups is 2. The van der Waals surface area contributed by atoms with E-state index >= 15 is 0 Å². The van der Waals surface area contributed by atoms with Crippen LogP contribution in [-0.2, 0) is 9.63 Å². The lowest BCUT2D eigenvalue weighted by Crippen LogP contribution is -2.61. The van der Waals surface area contributed by atoms with Crippen molar-refractivity contribution >= 4 is 23.5 Å². The molecule has 1 aromatic rings. The summed E-state index contributed by atoms with van der Waals surface area (Å²) in [7, 11) is 1.73. The fourth-order valence-corrected chi connectivity index (χ4v) is 3.68. The van der Waals surface area contributed by atoms with Crippen LogP contribution in [0.2, 0.25) is 0 Å². The lowest BCUT2D eigenvalue weighted by molar-refractivity contribution is -0.121. The Bertz CT molecular complexity index is 676. The molecule has 2 fully saturated rings. The molecule has 0 spiro atoms. The van der Waals surface area contributed by atoms with Gasteiger partial charge in [0.2, 0.25) is 0 Å². The van der Waals surface area contributed by atoms with E-state index in [0.29, 0.717) is 25.2 Å². The summed E-state index contributed by atoms with van der Waals surface area (Å²) in [5.74, 6) is 0.116. The van der Waals surface area contributed by atoms with Crippen LogP contribution in [0.3, 0.4) is 0 Å². The van der Waals surface area contributed by atoms with Gasteiger partial charge in [-0.25, -0.2) is 9.86 Å². The molecule has 3 unspecified atom stereocenters. The normalized spacial score (nSPS) is 31.6. The fourth-order valence-electron chi connectivity index (χ4n) is 3.68. The maximum absolute atomic E-state index is 13.2. The number of likely N-dealkylation sites (tertiary alicyclic amines) is 1. The fraction of sp³-hybridized carbons (Fsp3) is 0.471. The van der Waals surface area contributed by atoms with Crippen molar-refractivity contribution in [1.29, 1.82) is 0 Å². The van der Waals surface area contributed by atoms with Gasteiger partial charge in [-0.2, -0.15) is 4.48 Å². The largest absolute Gasteiger partial charge is 0.450 e. The van der Waals surface area contributed by atoms with E-state index in [2.05, 4.69) is 4.99 Å². The summed E-state index contributed by atoms with van der Waals surface area (Å²) in [5.41, 5.74) is 6.37. The van der Waals surface area contributed by atoms with Crippen LogP contribution in [0.15, 0.2) is 35.3 Å². The van der Waals surface area contributed by atoms with Crippen molar-refractivity contribution in [1.82, 2.24) is 9.55 Å². The van der Waals surface area contributed by atoms with Gasteiger partial charge in [0.25, 0.3) is 5.91 Å². The van der Waals surface area contributed by atoms with Gasteiger partial charge < -0.3 is 5.73 Å². The van der Waals surface area contributed by atoms with E-state index in [1.807, 2.05) is 37.3 Å². The molecular weight excluding hydrogens is 308 g/mol. The standard InChI is InChI=1S/C17H22N4O3/c1-12-11-15(20(2)24-12)19-17(23)21(13-7-4-3-5-8-13)10-6-9-14(21)16(18)22/h3-5,7-8,12,14H,6,9-11H2,1-2H3,(H-,18,22)/p+1. The summed E-state index contributed by atoms with van der Waals surface area (Å²) in [4.78, 5) is 35.0. The van der Waals surface area contributed by atoms with Crippen LogP contribution in [-0.4, -0.2) is 48.6 Å². The van der Waals surface area contributed by atoms with Crippen LogP contribution in [0.5, 0.6) is 0 Å². The minimum atomic E-state index is -0.589. The second kappa shape index (κ2) is 6.33. The monoisotopic (exact) mass is 331 g/mol. The summed E-state index contributed by atoms with van der Waals surface area (Å²) in [5, 5.41) is 1.53. The van der Waals surface area contributed by atoms with Gasteiger partial charge in [0, 0.05) is 26.3 Å². The van der Waals surface area contributed by atoms with E-state index in [0.717, 1.165) is 12.1 Å². The van der Waals surface area contributed by atoms with Crippen LogP contribution in [0.25, 0.3) is 0 Å². The van der Waals surface area contributed by atoms with Crippen LogP contribution in [0.4, 0.5) is 10.5 Å². The average molecular weight is 331 g/mol. The zero-order valence-electron chi connectivity index (χ0n) is 14.0.